The van der Waals surface area contributed by atoms with Crippen molar-refractivity contribution in [1.29, 1.82) is 0 Å². The minimum absolute atomic E-state index is 0.0444. The molecule has 1 N–H and O–H groups in total. The van der Waals surface area contributed by atoms with Crippen LogP contribution in [0.4, 0.5) is 5.69 Å². The van der Waals surface area contributed by atoms with Crippen LogP contribution in [0.2, 0.25) is 0 Å². The van der Waals surface area contributed by atoms with Crippen LogP contribution in [0, 0.1) is 17.8 Å². The average Bonchev–Trinajstić information content (AvgIpc) is 3.16. The summed E-state index contributed by atoms with van der Waals surface area (Å²) in [5.41, 5.74) is 2.16. The van der Waals surface area contributed by atoms with E-state index in [2.05, 4.69) is 28.9 Å². The topological polar surface area (TPSA) is 41.6 Å². The average molecular weight is 379 g/mol. The molecule has 1 aromatic carbocycles. The fourth-order valence-electron chi connectivity index (χ4n) is 4.09. The van der Waals surface area contributed by atoms with E-state index in [1.165, 1.54) is 5.69 Å². The summed E-state index contributed by atoms with van der Waals surface area (Å²) in [6.07, 6.45) is 12.0. The zero-order valence-electron chi connectivity index (χ0n) is 16.8. The van der Waals surface area contributed by atoms with Gasteiger partial charge in [-0.2, -0.15) is 0 Å². The molecule has 1 saturated carbocycles. The number of carbonyl (C=O) groups is 1. The highest BCUT2D eigenvalue weighted by molar-refractivity contribution is 5.88. The number of ether oxygens (including phenoxy) is 1. The first-order chi connectivity index (χ1) is 13.7. The number of carbonyl (C=O) groups excluding carboxylic acids is 1. The molecule has 1 aromatic rings. The maximum atomic E-state index is 12.0. The van der Waals surface area contributed by atoms with Crippen LogP contribution in [0.5, 0.6) is 5.75 Å². The Morgan fingerprint density at radius 2 is 2.11 bits per heavy atom. The summed E-state index contributed by atoms with van der Waals surface area (Å²) >= 11 is 0. The molecule has 0 spiro atoms. The van der Waals surface area contributed by atoms with E-state index in [-0.39, 0.29) is 5.91 Å². The molecule has 3 atom stereocenters. The highest BCUT2D eigenvalue weighted by Crippen LogP contribution is 2.54. The summed E-state index contributed by atoms with van der Waals surface area (Å²) in [6, 6.07) is 8.28. The third kappa shape index (κ3) is 4.94. The van der Waals surface area contributed by atoms with Crippen LogP contribution in [0.15, 0.2) is 72.9 Å². The number of methoxy groups -OCH3 is 1. The van der Waals surface area contributed by atoms with E-state index in [4.69, 9.17) is 4.74 Å². The van der Waals surface area contributed by atoms with E-state index >= 15 is 0 Å². The van der Waals surface area contributed by atoms with E-state index in [0.29, 0.717) is 0 Å². The first-order valence-corrected chi connectivity index (χ1v) is 9.96. The minimum atomic E-state index is -0.0444. The first kappa shape index (κ1) is 20.0. The second-order valence-corrected chi connectivity index (χ2v) is 7.41. The number of nitrogens with one attached hydrogen (secondary N) is 1. The monoisotopic (exact) mass is 378 g/mol. The molecule has 1 heterocycles. The number of hydrogen-bond acceptors (Lipinski definition) is 3. The number of piperidine rings is 1. The van der Waals surface area contributed by atoms with Gasteiger partial charge in [0.15, 0.2) is 0 Å². The molecule has 28 heavy (non-hydrogen) atoms. The van der Waals surface area contributed by atoms with Crippen LogP contribution >= 0.6 is 0 Å². The Hall–Kier alpha value is -2.75. The van der Waals surface area contributed by atoms with Crippen LogP contribution in [0.1, 0.15) is 13.3 Å². The predicted molar refractivity (Wildman–Crippen MR) is 116 cm³/mol. The molecule has 0 radical (unpaired) electrons. The van der Waals surface area contributed by atoms with Gasteiger partial charge in [0, 0.05) is 37.5 Å². The number of benzene rings is 1. The highest BCUT2D eigenvalue weighted by atomic mass is 16.5. The fourth-order valence-corrected chi connectivity index (χ4v) is 4.09. The van der Waals surface area contributed by atoms with Gasteiger partial charge < -0.3 is 15.0 Å². The quantitative estimate of drug-likeness (QED) is 0.519. The first-order valence-electron chi connectivity index (χ1n) is 9.96. The number of amides is 1. The van der Waals surface area contributed by atoms with Gasteiger partial charge in [-0.1, -0.05) is 36.9 Å². The maximum Gasteiger partial charge on any atom is 0.243 e. The number of rotatable bonds is 9. The number of anilines is 1. The van der Waals surface area contributed by atoms with Crippen LogP contribution in [0.25, 0.3) is 0 Å². The van der Waals surface area contributed by atoms with Gasteiger partial charge in [0.25, 0.3) is 0 Å². The van der Waals surface area contributed by atoms with Gasteiger partial charge in [-0.15, -0.1) is 0 Å². The molecule has 1 aliphatic carbocycles. The molecule has 4 heteroatoms. The molecule has 1 unspecified atom stereocenters. The summed E-state index contributed by atoms with van der Waals surface area (Å²) in [5.74, 6) is 3.12. The summed E-state index contributed by atoms with van der Waals surface area (Å²) in [5, 5.41) is 3.00. The lowest BCUT2D eigenvalue weighted by Gasteiger charge is -2.22. The molecule has 2 aliphatic rings. The molecule has 3 rings (SSSR count). The van der Waals surface area contributed by atoms with Crippen molar-refractivity contribution in [2.45, 2.75) is 13.3 Å². The van der Waals surface area contributed by atoms with E-state index in [0.717, 1.165) is 55.1 Å². The van der Waals surface area contributed by atoms with Gasteiger partial charge in [-0.25, -0.2) is 0 Å². The molecular weight excluding hydrogens is 348 g/mol. The number of fused-ring (bicyclic) bond motifs is 1. The standard InChI is InChI=1S/C24H30N2O2/c1-4-6-8-18(5-2)11-12-24(27)25-14-13-21-22-16-26(17-23(21)22)19-9-7-10-20(15-19)28-3/h4-12,15,21-23H,2,13-14,16-17H2,1,3H3,(H,25,27)/b6-4-,12-11+,18-8+/t21?,22-,23+. The van der Waals surface area contributed by atoms with Crippen molar-refractivity contribution in [2.75, 3.05) is 31.6 Å². The van der Waals surface area contributed by atoms with Crippen molar-refractivity contribution < 1.29 is 9.53 Å². The van der Waals surface area contributed by atoms with Crippen LogP contribution in [-0.4, -0.2) is 32.7 Å². The predicted octanol–water partition coefficient (Wildman–Crippen LogP) is 4.13. The number of allylic oxidation sites excluding steroid dienone is 6. The fraction of sp³-hybridized carbons (Fsp3) is 0.375. The Labute approximate surface area is 168 Å². The Morgan fingerprint density at radius 3 is 2.79 bits per heavy atom. The SMILES string of the molecule is C=CC(/C=C/C(=O)NCCC1[C@H]2CN(c3cccc(OC)c3)C[C@@H]12)=C\C=C/C. The van der Waals surface area contributed by atoms with E-state index in [9.17, 15) is 4.79 Å². The van der Waals surface area contributed by atoms with Gasteiger partial charge in [0.2, 0.25) is 5.91 Å². The summed E-state index contributed by atoms with van der Waals surface area (Å²) in [7, 11) is 1.71. The number of hydrogen-bond donors (Lipinski definition) is 1. The summed E-state index contributed by atoms with van der Waals surface area (Å²) in [6.45, 7) is 8.66. The van der Waals surface area contributed by atoms with Crippen molar-refractivity contribution in [3.8, 4) is 5.75 Å². The normalized spacial score (nSPS) is 23.9. The van der Waals surface area contributed by atoms with Gasteiger partial charge >= 0.3 is 0 Å². The van der Waals surface area contributed by atoms with Gasteiger partial charge in [0.05, 0.1) is 7.11 Å². The van der Waals surface area contributed by atoms with Crippen molar-refractivity contribution in [2.24, 2.45) is 17.8 Å². The zero-order valence-corrected chi connectivity index (χ0v) is 16.8. The van der Waals surface area contributed by atoms with Crippen LogP contribution < -0.4 is 15.0 Å². The second-order valence-electron chi connectivity index (χ2n) is 7.41. The maximum absolute atomic E-state index is 12.0. The third-order valence-electron chi connectivity index (χ3n) is 5.71. The van der Waals surface area contributed by atoms with Gasteiger partial charge in [-0.05, 0) is 54.9 Å². The zero-order chi connectivity index (χ0) is 19.9. The lowest BCUT2D eigenvalue weighted by atomic mass is 10.1. The van der Waals surface area contributed by atoms with Crippen LogP contribution in [-0.2, 0) is 4.79 Å². The largest absolute Gasteiger partial charge is 0.497 e. The second kappa shape index (κ2) is 9.45. The van der Waals surface area contributed by atoms with E-state index < -0.39 is 0 Å². The third-order valence-corrected chi connectivity index (χ3v) is 5.71. The summed E-state index contributed by atoms with van der Waals surface area (Å²) in [4.78, 5) is 14.4. The smallest absolute Gasteiger partial charge is 0.243 e. The molecular formula is C24H30N2O2. The van der Waals surface area contributed by atoms with Gasteiger partial charge in [0.1, 0.15) is 5.75 Å². The van der Waals surface area contributed by atoms with E-state index in [1.807, 2.05) is 37.3 Å². The summed E-state index contributed by atoms with van der Waals surface area (Å²) < 4.78 is 5.33. The minimum Gasteiger partial charge on any atom is -0.497 e. The molecule has 0 aromatic heterocycles. The molecule has 4 nitrogen and oxygen atoms in total. The van der Waals surface area contributed by atoms with Crippen molar-refractivity contribution >= 4 is 11.6 Å². The van der Waals surface area contributed by atoms with Crippen molar-refractivity contribution in [1.82, 2.24) is 5.32 Å². The molecule has 1 saturated heterocycles. The Balaban J connectivity index is 1.38. The Kier molecular flexibility index (Phi) is 6.75. The molecule has 0 bridgehead atoms. The number of nitrogens with zero attached hydrogens (tertiary/aromatic N) is 1. The highest BCUT2D eigenvalue weighted by Gasteiger charge is 2.54. The molecule has 2 fully saturated rings. The lowest BCUT2D eigenvalue weighted by molar-refractivity contribution is -0.116. The molecule has 1 amide bonds. The Morgan fingerprint density at radius 1 is 1.32 bits per heavy atom. The lowest BCUT2D eigenvalue weighted by Crippen LogP contribution is -2.26. The Bertz CT molecular complexity index is 782. The van der Waals surface area contributed by atoms with Crippen molar-refractivity contribution in [3.63, 3.8) is 0 Å². The van der Waals surface area contributed by atoms with Crippen LogP contribution in [0.3, 0.4) is 0 Å². The molecule has 148 valence electrons. The van der Waals surface area contributed by atoms with E-state index in [1.54, 1.807) is 25.3 Å². The molecule has 1 aliphatic heterocycles. The van der Waals surface area contributed by atoms with Crippen molar-refractivity contribution in [3.05, 3.63) is 72.9 Å². The van der Waals surface area contributed by atoms with Gasteiger partial charge in [-0.3, -0.25) is 4.79 Å².